The van der Waals surface area contributed by atoms with Gasteiger partial charge in [0.2, 0.25) is 0 Å². The van der Waals surface area contributed by atoms with Gasteiger partial charge in [-0.3, -0.25) is 4.90 Å². The summed E-state index contributed by atoms with van der Waals surface area (Å²) in [6.07, 6.45) is 3.34. The lowest BCUT2D eigenvalue weighted by Gasteiger charge is -2.17. The zero-order valence-corrected chi connectivity index (χ0v) is 6.70. The normalized spacial score (nSPS) is 26.1. The third-order valence-electron chi connectivity index (χ3n) is 1.68. The zero-order valence-electron chi connectivity index (χ0n) is 6.70. The number of hydrogen-bond acceptors (Lipinski definition) is 3. The molecular formula is C7H15N2O2+. The lowest BCUT2D eigenvalue weighted by Crippen LogP contribution is -3.03. The van der Waals surface area contributed by atoms with Gasteiger partial charge in [0.1, 0.15) is 6.20 Å². The molecular weight excluding hydrogens is 144 g/mol. The molecule has 2 unspecified atom stereocenters. The summed E-state index contributed by atoms with van der Waals surface area (Å²) in [5.41, 5.74) is 0. The van der Waals surface area contributed by atoms with Crippen molar-refractivity contribution in [3.63, 3.8) is 0 Å². The van der Waals surface area contributed by atoms with Crippen LogP contribution in [0.5, 0.6) is 0 Å². The lowest BCUT2D eigenvalue weighted by molar-refractivity contribution is -0.826. The second-order valence-corrected chi connectivity index (χ2v) is 2.93. The third kappa shape index (κ3) is 2.49. The van der Waals surface area contributed by atoms with Crippen LogP contribution in [0, 0.1) is 0 Å². The molecule has 0 saturated carbocycles. The molecule has 2 atom stereocenters. The number of rotatable bonds is 3. The molecule has 11 heavy (non-hydrogen) atoms. The Morgan fingerprint density at radius 2 is 2.45 bits per heavy atom. The van der Waals surface area contributed by atoms with Crippen LogP contribution in [0.4, 0.5) is 0 Å². The highest BCUT2D eigenvalue weighted by atomic mass is 16.3. The Kier molecular flexibility index (Phi) is 2.87. The number of nitrogens with zero attached hydrogens (tertiary/aromatic N) is 1. The fourth-order valence-corrected chi connectivity index (χ4v) is 1.11. The lowest BCUT2D eigenvalue weighted by atomic mass is 10.3. The summed E-state index contributed by atoms with van der Waals surface area (Å²) in [5, 5.41) is 17.6. The van der Waals surface area contributed by atoms with E-state index in [4.69, 9.17) is 10.2 Å². The number of quaternary nitrogens is 1. The quantitative estimate of drug-likeness (QED) is 0.430. The monoisotopic (exact) mass is 159 g/mol. The molecule has 0 fully saturated rings. The molecule has 3 N–H and O–H groups in total. The number of nitrogens with one attached hydrogen (secondary N) is 1. The van der Waals surface area contributed by atoms with Crippen LogP contribution < -0.4 is 4.90 Å². The van der Waals surface area contributed by atoms with Crippen molar-refractivity contribution in [1.29, 1.82) is 0 Å². The van der Waals surface area contributed by atoms with Crippen molar-refractivity contribution in [1.82, 2.24) is 4.90 Å². The van der Waals surface area contributed by atoms with Crippen molar-refractivity contribution >= 4 is 0 Å². The van der Waals surface area contributed by atoms with Gasteiger partial charge in [-0.05, 0) is 0 Å². The maximum atomic E-state index is 9.07. The first kappa shape index (κ1) is 8.52. The number of aliphatic hydroxyl groups excluding tert-OH is 2. The SMILES string of the molecule is C[NH+]1C=CN(CC(O)CO)C1. The summed E-state index contributed by atoms with van der Waals surface area (Å²) >= 11 is 0. The predicted octanol–water partition coefficient (Wildman–Crippen LogP) is -2.40. The van der Waals surface area contributed by atoms with E-state index in [1.54, 1.807) is 0 Å². The standard InChI is InChI=1S/C7H14N2O2/c1-8-2-3-9(6-8)4-7(11)5-10/h2-3,7,10-11H,4-6H2,1H3/p+1. The van der Waals surface area contributed by atoms with Gasteiger partial charge < -0.3 is 15.1 Å². The van der Waals surface area contributed by atoms with Gasteiger partial charge in [0.25, 0.3) is 0 Å². The number of aliphatic hydroxyl groups is 2. The Hall–Kier alpha value is -0.580. The molecule has 1 heterocycles. The largest absolute Gasteiger partial charge is 0.394 e. The van der Waals surface area contributed by atoms with Crippen LogP contribution in [0.25, 0.3) is 0 Å². The second kappa shape index (κ2) is 3.71. The van der Waals surface area contributed by atoms with Gasteiger partial charge in [0.15, 0.2) is 6.67 Å². The minimum absolute atomic E-state index is 0.163. The Morgan fingerprint density at radius 1 is 1.73 bits per heavy atom. The number of β-amino-alcohol motifs (C(OH)–C–C–N with tert-alkyl or cyclic N) is 1. The van der Waals surface area contributed by atoms with Gasteiger partial charge in [0, 0.05) is 0 Å². The van der Waals surface area contributed by atoms with Gasteiger partial charge in [-0.15, -0.1) is 0 Å². The highest BCUT2D eigenvalue weighted by molar-refractivity contribution is 4.79. The van der Waals surface area contributed by atoms with Crippen molar-refractivity contribution in [2.24, 2.45) is 0 Å². The first-order valence-electron chi connectivity index (χ1n) is 3.76. The summed E-state index contributed by atoms with van der Waals surface area (Å²) in [5.74, 6) is 0. The maximum Gasteiger partial charge on any atom is 0.156 e. The van der Waals surface area contributed by atoms with Crippen LogP contribution in [-0.4, -0.2) is 48.1 Å². The van der Waals surface area contributed by atoms with Crippen molar-refractivity contribution in [2.75, 3.05) is 26.9 Å². The molecule has 0 aromatic carbocycles. The zero-order chi connectivity index (χ0) is 8.27. The smallest absolute Gasteiger partial charge is 0.156 e. The van der Waals surface area contributed by atoms with Crippen LogP contribution >= 0.6 is 0 Å². The van der Waals surface area contributed by atoms with Gasteiger partial charge >= 0.3 is 0 Å². The Morgan fingerprint density at radius 3 is 2.91 bits per heavy atom. The average Bonchev–Trinajstić information content (AvgIpc) is 2.35. The molecule has 1 rings (SSSR count). The van der Waals surface area contributed by atoms with E-state index in [2.05, 4.69) is 0 Å². The Labute approximate surface area is 66.3 Å². The third-order valence-corrected chi connectivity index (χ3v) is 1.68. The minimum atomic E-state index is -0.620. The average molecular weight is 159 g/mol. The summed E-state index contributed by atoms with van der Waals surface area (Å²) in [4.78, 5) is 3.27. The van der Waals surface area contributed by atoms with E-state index in [0.717, 1.165) is 6.67 Å². The molecule has 1 aliphatic heterocycles. The van der Waals surface area contributed by atoms with E-state index in [-0.39, 0.29) is 6.61 Å². The van der Waals surface area contributed by atoms with Crippen molar-refractivity contribution < 1.29 is 15.1 Å². The van der Waals surface area contributed by atoms with Crippen LogP contribution in [0.15, 0.2) is 12.4 Å². The van der Waals surface area contributed by atoms with Crippen molar-refractivity contribution in [3.05, 3.63) is 12.4 Å². The summed E-state index contributed by atoms with van der Waals surface area (Å²) in [6.45, 7) is 1.23. The van der Waals surface area contributed by atoms with Gasteiger partial charge in [-0.25, -0.2) is 0 Å². The molecule has 1 aliphatic rings. The molecule has 4 nitrogen and oxygen atoms in total. The highest BCUT2D eigenvalue weighted by Crippen LogP contribution is 1.92. The van der Waals surface area contributed by atoms with E-state index in [0.29, 0.717) is 6.54 Å². The topological polar surface area (TPSA) is 48.1 Å². The van der Waals surface area contributed by atoms with Gasteiger partial charge in [-0.2, -0.15) is 0 Å². The molecule has 0 aliphatic carbocycles. The molecule has 0 radical (unpaired) electrons. The molecule has 0 bridgehead atoms. The highest BCUT2D eigenvalue weighted by Gasteiger charge is 2.15. The molecule has 4 heteroatoms. The fourth-order valence-electron chi connectivity index (χ4n) is 1.11. The van der Waals surface area contributed by atoms with Gasteiger partial charge in [0.05, 0.1) is 32.5 Å². The molecule has 0 amide bonds. The summed E-state index contributed by atoms with van der Waals surface area (Å²) in [6, 6.07) is 0. The molecule has 0 aromatic heterocycles. The molecule has 0 aromatic rings. The second-order valence-electron chi connectivity index (χ2n) is 2.93. The first-order valence-corrected chi connectivity index (χ1v) is 3.76. The molecule has 0 spiro atoms. The maximum absolute atomic E-state index is 9.07. The summed E-state index contributed by atoms with van der Waals surface area (Å²) < 4.78 is 0. The number of hydrogen-bond donors (Lipinski definition) is 3. The van der Waals surface area contributed by atoms with Crippen LogP contribution in [0.3, 0.4) is 0 Å². The van der Waals surface area contributed by atoms with Gasteiger partial charge in [-0.1, -0.05) is 0 Å². The van der Waals surface area contributed by atoms with E-state index in [9.17, 15) is 0 Å². The fraction of sp³-hybridized carbons (Fsp3) is 0.714. The van der Waals surface area contributed by atoms with Crippen molar-refractivity contribution in [3.8, 4) is 0 Å². The van der Waals surface area contributed by atoms with Crippen LogP contribution in [0.2, 0.25) is 0 Å². The summed E-state index contributed by atoms with van der Waals surface area (Å²) in [7, 11) is 2.04. The molecule has 64 valence electrons. The Bertz CT molecular complexity index is 149. The minimum Gasteiger partial charge on any atom is -0.394 e. The van der Waals surface area contributed by atoms with Crippen molar-refractivity contribution in [2.45, 2.75) is 6.10 Å². The first-order chi connectivity index (χ1) is 5.22. The van der Waals surface area contributed by atoms with E-state index >= 15 is 0 Å². The van der Waals surface area contributed by atoms with Crippen LogP contribution in [0.1, 0.15) is 0 Å². The Balaban J connectivity index is 2.24. The molecule has 0 saturated heterocycles. The predicted molar refractivity (Wildman–Crippen MR) is 40.7 cm³/mol. The van der Waals surface area contributed by atoms with E-state index in [1.165, 1.54) is 4.90 Å². The van der Waals surface area contributed by atoms with E-state index < -0.39 is 6.10 Å². The van der Waals surface area contributed by atoms with E-state index in [1.807, 2.05) is 24.3 Å². The van der Waals surface area contributed by atoms with Crippen LogP contribution in [-0.2, 0) is 0 Å².